The molecule has 4 rings (SSSR count). The topological polar surface area (TPSA) is 91.9 Å². The van der Waals surface area contributed by atoms with Crippen LogP contribution in [0.4, 0.5) is 0 Å². The Balaban J connectivity index is 1.87. The van der Waals surface area contributed by atoms with Gasteiger partial charge in [-0.3, -0.25) is 9.78 Å². The van der Waals surface area contributed by atoms with Crippen LogP contribution in [-0.4, -0.2) is 24.3 Å². The van der Waals surface area contributed by atoms with Gasteiger partial charge in [0.15, 0.2) is 0 Å². The molecule has 0 bridgehead atoms. The number of aromatic amines is 1. The summed E-state index contributed by atoms with van der Waals surface area (Å²) in [5, 5.41) is 3.55. The van der Waals surface area contributed by atoms with Crippen LogP contribution < -0.4 is 5.32 Å². The molecule has 0 aliphatic heterocycles. The highest BCUT2D eigenvalue weighted by Gasteiger charge is 2.31. The highest BCUT2D eigenvalue weighted by atomic mass is 35.5. The number of aromatic nitrogens is 2. The summed E-state index contributed by atoms with van der Waals surface area (Å²) < 4.78 is 27.6. The molecule has 31 heavy (non-hydrogen) atoms. The molecule has 0 aliphatic rings. The number of nitrogens with one attached hydrogen (secondary N) is 2. The van der Waals surface area contributed by atoms with E-state index in [2.05, 4.69) is 15.3 Å². The summed E-state index contributed by atoms with van der Waals surface area (Å²) in [6.45, 7) is 3.72. The molecule has 0 unspecified atom stereocenters. The minimum atomic E-state index is -4.02. The van der Waals surface area contributed by atoms with Crippen molar-refractivity contribution in [1.29, 1.82) is 0 Å². The van der Waals surface area contributed by atoms with Gasteiger partial charge in [0.2, 0.25) is 9.84 Å². The molecule has 0 aliphatic carbocycles. The average Bonchev–Trinajstić information content (AvgIpc) is 3.12. The third-order valence-electron chi connectivity index (χ3n) is 5.09. The van der Waals surface area contributed by atoms with Gasteiger partial charge < -0.3 is 10.3 Å². The van der Waals surface area contributed by atoms with Crippen molar-refractivity contribution >= 4 is 38.2 Å². The Kier molecular flexibility index (Phi) is 5.56. The Morgan fingerprint density at radius 1 is 1.03 bits per heavy atom. The number of fused-ring (bicyclic) bond motifs is 1. The van der Waals surface area contributed by atoms with Gasteiger partial charge in [0.1, 0.15) is 10.6 Å². The van der Waals surface area contributed by atoms with E-state index < -0.39 is 15.7 Å². The number of rotatable bonds is 5. The summed E-state index contributed by atoms with van der Waals surface area (Å²) in [4.78, 5) is 20.1. The number of nitrogens with zero attached hydrogens (tertiary/aromatic N) is 1. The predicted octanol–water partition coefficient (Wildman–Crippen LogP) is 4.60. The third kappa shape index (κ3) is 3.94. The zero-order valence-electron chi connectivity index (χ0n) is 16.9. The summed E-state index contributed by atoms with van der Waals surface area (Å²) in [6, 6.07) is 13.7. The minimum Gasteiger partial charge on any atom is -0.349 e. The SMILES string of the molecule is Cc1cccc(C)c1S(=O)(=O)c1c(C(=O)NCc2ccncc2)[nH]c2ccc(Cl)cc12. The average molecular weight is 454 g/mol. The van der Waals surface area contributed by atoms with Crippen LogP contribution in [0.15, 0.2) is 70.7 Å². The second-order valence-electron chi connectivity index (χ2n) is 7.28. The molecule has 0 saturated heterocycles. The first-order valence-electron chi connectivity index (χ1n) is 9.58. The second kappa shape index (κ2) is 8.17. The zero-order valence-corrected chi connectivity index (χ0v) is 18.5. The highest BCUT2D eigenvalue weighted by Crippen LogP contribution is 2.35. The van der Waals surface area contributed by atoms with Gasteiger partial charge in [0.25, 0.3) is 5.91 Å². The summed E-state index contributed by atoms with van der Waals surface area (Å²) in [6.07, 6.45) is 3.26. The van der Waals surface area contributed by atoms with E-state index in [1.54, 1.807) is 74.8 Å². The Morgan fingerprint density at radius 2 is 1.71 bits per heavy atom. The first-order chi connectivity index (χ1) is 14.8. The summed E-state index contributed by atoms with van der Waals surface area (Å²) in [7, 11) is -4.02. The molecule has 0 fully saturated rings. The highest BCUT2D eigenvalue weighted by molar-refractivity contribution is 7.92. The van der Waals surface area contributed by atoms with Crippen molar-refractivity contribution in [3.8, 4) is 0 Å². The van der Waals surface area contributed by atoms with E-state index in [0.717, 1.165) is 5.56 Å². The van der Waals surface area contributed by atoms with Gasteiger partial charge in [-0.15, -0.1) is 0 Å². The van der Waals surface area contributed by atoms with Crippen molar-refractivity contribution < 1.29 is 13.2 Å². The van der Waals surface area contributed by atoms with Gasteiger partial charge in [0, 0.05) is 34.9 Å². The molecular formula is C23H20ClN3O3S. The van der Waals surface area contributed by atoms with Crippen molar-refractivity contribution in [2.24, 2.45) is 0 Å². The van der Waals surface area contributed by atoms with E-state index in [1.165, 1.54) is 0 Å². The van der Waals surface area contributed by atoms with Gasteiger partial charge in [-0.2, -0.15) is 0 Å². The molecule has 0 atom stereocenters. The van der Waals surface area contributed by atoms with Crippen LogP contribution in [0.2, 0.25) is 5.02 Å². The van der Waals surface area contributed by atoms with Crippen LogP contribution in [0, 0.1) is 13.8 Å². The standard InChI is InChI=1S/C23H20ClN3O3S/c1-14-4-3-5-15(2)21(14)31(29,30)22-18-12-17(24)6-7-19(18)27-20(22)23(28)26-13-16-8-10-25-11-9-16/h3-12,27H,13H2,1-2H3,(H,26,28). The predicted molar refractivity (Wildman–Crippen MR) is 120 cm³/mol. The van der Waals surface area contributed by atoms with Crippen molar-refractivity contribution in [2.45, 2.75) is 30.2 Å². The molecule has 4 aromatic rings. The molecule has 0 spiro atoms. The Morgan fingerprint density at radius 3 is 2.39 bits per heavy atom. The van der Waals surface area contributed by atoms with E-state index in [-0.39, 0.29) is 22.0 Å². The number of carbonyl (C=O) groups excluding carboxylic acids is 1. The smallest absolute Gasteiger partial charge is 0.269 e. The molecular weight excluding hydrogens is 434 g/mol. The maximum absolute atomic E-state index is 13.8. The van der Waals surface area contributed by atoms with Gasteiger partial charge in [-0.05, 0) is 60.9 Å². The van der Waals surface area contributed by atoms with Crippen LogP contribution in [0.3, 0.4) is 0 Å². The number of hydrogen-bond donors (Lipinski definition) is 2. The van der Waals surface area contributed by atoms with Crippen molar-refractivity contribution in [3.63, 3.8) is 0 Å². The molecule has 8 heteroatoms. The molecule has 6 nitrogen and oxygen atoms in total. The van der Waals surface area contributed by atoms with Crippen LogP contribution in [-0.2, 0) is 16.4 Å². The van der Waals surface area contributed by atoms with Crippen LogP contribution in [0.25, 0.3) is 10.9 Å². The summed E-state index contributed by atoms with van der Waals surface area (Å²) in [5.74, 6) is -0.519. The molecule has 2 heterocycles. The molecule has 2 aromatic carbocycles. The van der Waals surface area contributed by atoms with E-state index in [0.29, 0.717) is 27.1 Å². The molecule has 0 radical (unpaired) electrons. The number of hydrogen-bond acceptors (Lipinski definition) is 4. The number of halogens is 1. The monoisotopic (exact) mass is 453 g/mol. The largest absolute Gasteiger partial charge is 0.349 e. The van der Waals surface area contributed by atoms with Gasteiger partial charge >= 0.3 is 0 Å². The van der Waals surface area contributed by atoms with Crippen molar-refractivity contribution in [2.75, 3.05) is 0 Å². The van der Waals surface area contributed by atoms with E-state index in [4.69, 9.17) is 11.6 Å². The Labute approximate surface area is 185 Å². The third-order valence-corrected chi connectivity index (χ3v) is 7.47. The normalized spacial score (nSPS) is 11.6. The second-order valence-corrected chi connectivity index (χ2v) is 9.54. The Hall–Kier alpha value is -3.16. The molecule has 2 N–H and O–H groups in total. The van der Waals surface area contributed by atoms with Gasteiger partial charge in [0.05, 0.1) is 4.90 Å². The van der Waals surface area contributed by atoms with Gasteiger partial charge in [-0.1, -0.05) is 29.8 Å². The van der Waals surface area contributed by atoms with Crippen LogP contribution in [0.1, 0.15) is 27.2 Å². The first kappa shape index (κ1) is 21.1. The molecule has 158 valence electrons. The Bertz CT molecular complexity index is 1380. The fraction of sp³-hybridized carbons (Fsp3) is 0.130. The lowest BCUT2D eigenvalue weighted by molar-refractivity contribution is 0.0943. The number of sulfone groups is 1. The molecule has 1 amide bonds. The zero-order chi connectivity index (χ0) is 22.2. The van der Waals surface area contributed by atoms with E-state index in [1.807, 2.05) is 0 Å². The summed E-state index contributed by atoms with van der Waals surface area (Å²) >= 11 is 6.16. The first-order valence-corrected chi connectivity index (χ1v) is 11.4. The van der Waals surface area contributed by atoms with E-state index in [9.17, 15) is 13.2 Å². The maximum Gasteiger partial charge on any atom is 0.269 e. The lowest BCUT2D eigenvalue weighted by Gasteiger charge is -2.12. The number of H-pyrrole nitrogens is 1. The minimum absolute atomic E-state index is 0.0195. The summed E-state index contributed by atoms with van der Waals surface area (Å²) in [5.41, 5.74) is 2.57. The number of carbonyl (C=O) groups is 1. The lowest BCUT2D eigenvalue weighted by Crippen LogP contribution is -2.25. The number of amides is 1. The van der Waals surface area contributed by atoms with Crippen molar-refractivity contribution in [3.05, 3.63) is 88.3 Å². The van der Waals surface area contributed by atoms with Crippen LogP contribution in [0.5, 0.6) is 0 Å². The van der Waals surface area contributed by atoms with Gasteiger partial charge in [-0.25, -0.2) is 8.42 Å². The van der Waals surface area contributed by atoms with Crippen LogP contribution >= 0.6 is 11.6 Å². The fourth-order valence-corrected chi connectivity index (χ4v) is 5.91. The lowest BCUT2D eigenvalue weighted by atomic mass is 10.2. The van der Waals surface area contributed by atoms with Crippen molar-refractivity contribution in [1.82, 2.24) is 15.3 Å². The van der Waals surface area contributed by atoms with E-state index >= 15 is 0 Å². The number of aryl methyl sites for hydroxylation is 2. The molecule has 2 aromatic heterocycles. The fourth-order valence-electron chi connectivity index (χ4n) is 3.67. The number of benzene rings is 2. The quantitative estimate of drug-likeness (QED) is 0.462. The molecule has 0 saturated carbocycles. The number of pyridine rings is 1. The maximum atomic E-state index is 13.8.